The van der Waals surface area contributed by atoms with Gasteiger partial charge in [-0.15, -0.1) is 0 Å². The van der Waals surface area contributed by atoms with Gasteiger partial charge in [0.15, 0.2) is 16.6 Å². The van der Waals surface area contributed by atoms with Gasteiger partial charge in [0, 0.05) is 12.2 Å². The summed E-state index contributed by atoms with van der Waals surface area (Å²) in [5, 5.41) is 8.24. The van der Waals surface area contributed by atoms with Gasteiger partial charge < -0.3 is 25.4 Å². The molecule has 146 valence electrons. The molecule has 28 heavy (non-hydrogen) atoms. The number of hydrogen-bond donors (Lipinski definition) is 5. The number of carbonyl (C=O) groups excluding carboxylic acids is 2. The van der Waals surface area contributed by atoms with E-state index in [1.165, 1.54) is 0 Å². The smallest absolute Gasteiger partial charge is 0.319 e. The Morgan fingerprint density at radius 2 is 1.75 bits per heavy atom. The number of ether oxygens (including phenoxy) is 2. The van der Waals surface area contributed by atoms with Gasteiger partial charge in [0.25, 0.3) is 5.91 Å². The molecule has 0 saturated heterocycles. The van der Waals surface area contributed by atoms with Gasteiger partial charge in [-0.05, 0) is 42.0 Å². The molecule has 0 fully saturated rings. The second kappa shape index (κ2) is 9.42. The molecule has 1 aliphatic heterocycles. The summed E-state index contributed by atoms with van der Waals surface area (Å²) in [6, 6.07) is 14.0. The Morgan fingerprint density at radius 3 is 2.57 bits per heavy atom. The van der Waals surface area contributed by atoms with Crippen molar-refractivity contribution in [1.82, 2.24) is 21.5 Å². The maximum atomic E-state index is 11.8. The molecule has 0 aliphatic carbocycles. The SMILES string of the molecule is O=C(CNC(=O)Nc1ccccc1)NNC(=S)NCc1ccc2c(c1)OCO2. The molecule has 0 bridgehead atoms. The van der Waals surface area contributed by atoms with Crippen LogP contribution in [0.5, 0.6) is 11.5 Å². The lowest BCUT2D eigenvalue weighted by Crippen LogP contribution is -2.49. The molecular formula is C18H19N5O4S. The average molecular weight is 401 g/mol. The van der Waals surface area contributed by atoms with Crippen LogP contribution in [-0.2, 0) is 11.3 Å². The molecule has 9 nitrogen and oxygen atoms in total. The van der Waals surface area contributed by atoms with Gasteiger partial charge in [0.2, 0.25) is 6.79 Å². The first kappa shape index (κ1) is 19.2. The van der Waals surface area contributed by atoms with Crippen LogP contribution in [0.1, 0.15) is 5.56 Å². The highest BCUT2D eigenvalue weighted by Gasteiger charge is 2.13. The molecule has 0 spiro atoms. The van der Waals surface area contributed by atoms with Gasteiger partial charge in [0.05, 0.1) is 0 Å². The van der Waals surface area contributed by atoms with E-state index in [1.807, 2.05) is 24.3 Å². The zero-order valence-corrected chi connectivity index (χ0v) is 15.6. The topological polar surface area (TPSA) is 113 Å². The number of rotatable bonds is 5. The Hall–Kier alpha value is -3.53. The lowest BCUT2D eigenvalue weighted by molar-refractivity contribution is -0.120. The number of para-hydroxylation sites is 1. The van der Waals surface area contributed by atoms with Crippen LogP contribution in [0, 0.1) is 0 Å². The Morgan fingerprint density at radius 1 is 0.964 bits per heavy atom. The van der Waals surface area contributed by atoms with Gasteiger partial charge in [-0.25, -0.2) is 4.79 Å². The molecule has 10 heteroatoms. The Balaban J connectivity index is 1.31. The van der Waals surface area contributed by atoms with E-state index in [9.17, 15) is 9.59 Å². The summed E-state index contributed by atoms with van der Waals surface area (Å²) in [6.07, 6.45) is 0. The molecule has 0 unspecified atom stereocenters. The van der Waals surface area contributed by atoms with Crippen molar-refractivity contribution in [1.29, 1.82) is 0 Å². The zero-order valence-electron chi connectivity index (χ0n) is 14.8. The summed E-state index contributed by atoms with van der Waals surface area (Å²) in [6.45, 7) is 0.447. The van der Waals surface area contributed by atoms with Gasteiger partial charge >= 0.3 is 6.03 Å². The monoisotopic (exact) mass is 401 g/mol. The van der Waals surface area contributed by atoms with Crippen molar-refractivity contribution in [3.8, 4) is 11.5 Å². The summed E-state index contributed by atoms with van der Waals surface area (Å²) < 4.78 is 10.6. The number of nitrogens with one attached hydrogen (secondary N) is 5. The normalized spacial score (nSPS) is 11.3. The minimum absolute atomic E-state index is 0.212. The maximum Gasteiger partial charge on any atom is 0.319 e. The van der Waals surface area contributed by atoms with E-state index >= 15 is 0 Å². The molecule has 1 heterocycles. The number of anilines is 1. The third-order valence-electron chi connectivity index (χ3n) is 3.65. The largest absolute Gasteiger partial charge is 0.454 e. The van der Waals surface area contributed by atoms with Crippen molar-refractivity contribution in [3.63, 3.8) is 0 Å². The summed E-state index contributed by atoms with van der Waals surface area (Å²) in [7, 11) is 0. The number of benzene rings is 2. The second-order valence-corrected chi connectivity index (χ2v) is 6.13. The van der Waals surface area contributed by atoms with Crippen LogP contribution >= 0.6 is 12.2 Å². The molecule has 5 N–H and O–H groups in total. The molecule has 0 saturated carbocycles. The highest BCUT2D eigenvalue weighted by atomic mass is 32.1. The first-order valence-corrected chi connectivity index (χ1v) is 8.82. The molecular weight excluding hydrogens is 382 g/mol. The maximum absolute atomic E-state index is 11.8. The minimum atomic E-state index is -0.482. The number of hydrazine groups is 1. The highest BCUT2D eigenvalue weighted by Crippen LogP contribution is 2.32. The molecule has 3 amide bonds. The number of carbonyl (C=O) groups is 2. The number of hydrogen-bond acceptors (Lipinski definition) is 5. The van der Waals surface area contributed by atoms with E-state index in [2.05, 4.69) is 26.8 Å². The van der Waals surface area contributed by atoms with E-state index < -0.39 is 11.9 Å². The molecule has 2 aromatic rings. The van der Waals surface area contributed by atoms with Crippen molar-refractivity contribution in [3.05, 3.63) is 54.1 Å². The number of amides is 3. The van der Waals surface area contributed by atoms with Crippen molar-refractivity contribution in [2.45, 2.75) is 6.54 Å². The van der Waals surface area contributed by atoms with Crippen molar-refractivity contribution in [2.24, 2.45) is 0 Å². The van der Waals surface area contributed by atoms with Crippen molar-refractivity contribution >= 4 is 35.0 Å². The van der Waals surface area contributed by atoms with E-state index in [4.69, 9.17) is 21.7 Å². The van der Waals surface area contributed by atoms with Crippen LogP contribution in [0.4, 0.5) is 10.5 Å². The molecule has 0 atom stereocenters. The first-order valence-electron chi connectivity index (χ1n) is 8.41. The van der Waals surface area contributed by atoms with E-state index in [0.717, 1.165) is 5.56 Å². The highest BCUT2D eigenvalue weighted by molar-refractivity contribution is 7.80. The Kier molecular flexibility index (Phi) is 6.47. The van der Waals surface area contributed by atoms with Gasteiger partial charge in [-0.2, -0.15) is 0 Å². The third-order valence-corrected chi connectivity index (χ3v) is 3.89. The fourth-order valence-corrected chi connectivity index (χ4v) is 2.43. The molecule has 0 aromatic heterocycles. The van der Waals surface area contributed by atoms with Gasteiger partial charge in [-0.3, -0.25) is 15.6 Å². The number of fused-ring (bicyclic) bond motifs is 1. The predicted molar refractivity (Wildman–Crippen MR) is 107 cm³/mol. The van der Waals surface area contributed by atoms with Gasteiger partial charge in [-0.1, -0.05) is 24.3 Å². The van der Waals surface area contributed by atoms with Crippen LogP contribution in [0.3, 0.4) is 0 Å². The lowest BCUT2D eigenvalue weighted by atomic mass is 10.2. The third kappa shape index (κ3) is 5.74. The quantitative estimate of drug-likeness (QED) is 0.378. The summed E-state index contributed by atoms with van der Waals surface area (Å²) in [4.78, 5) is 23.5. The van der Waals surface area contributed by atoms with Crippen molar-refractivity contribution in [2.75, 3.05) is 18.7 Å². The average Bonchev–Trinajstić information content (AvgIpc) is 3.18. The molecule has 0 radical (unpaired) electrons. The van der Waals surface area contributed by atoms with Crippen LogP contribution in [-0.4, -0.2) is 30.4 Å². The summed E-state index contributed by atoms with van der Waals surface area (Å²) in [5.41, 5.74) is 6.55. The summed E-state index contributed by atoms with van der Waals surface area (Å²) in [5.74, 6) is 0.947. The Labute approximate surface area is 166 Å². The van der Waals surface area contributed by atoms with Crippen LogP contribution < -0.4 is 36.3 Å². The number of thiocarbonyl (C=S) groups is 1. The minimum Gasteiger partial charge on any atom is -0.454 e. The Bertz CT molecular complexity index is 862. The predicted octanol–water partition coefficient (Wildman–Crippen LogP) is 1.23. The molecule has 2 aromatic carbocycles. The zero-order chi connectivity index (χ0) is 19.8. The molecule has 3 rings (SSSR count). The fourth-order valence-electron chi connectivity index (χ4n) is 2.31. The van der Waals surface area contributed by atoms with Crippen molar-refractivity contribution < 1.29 is 19.1 Å². The summed E-state index contributed by atoms with van der Waals surface area (Å²) >= 11 is 5.10. The van der Waals surface area contributed by atoms with Crippen LogP contribution in [0.2, 0.25) is 0 Å². The standard InChI is InChI=1S/C18H19N5O4S/c24-16(10-19-17(25)21-13-4-2-1-3-5-13)22-23-18(28)20-9-12-6-7-14-15(8-12)27-11-26-14/h1-8H,9-11H2,(H,22,24)(H2,19,21,25)(H2,20,23,28). The molecule has 1 aliphatic rings. The van der Waals surface area contributed by atoms with Crippen LogP contribution in [0.25, 0.3) is 0 Å². The van der Waals surface area contributed by atoms with Gasteiger partial charge in [0.1, 0.15) is 6.54 Å². The van der Waals surface area contributed by atoms with E-state index in [1.54, 1.807) is 24.3 Å². The lowest BCUT2D eigenvalue weighted by Gasteiger charge is -2.12. The van der Waals surface area contributed by atoms with E-state index in [0.29, 0.717) is 23.7 Å². The fraction of sp³-hybridized carbons (Fsp3) is 0.167. The number of urea groups is 1. The first-order chi connectivity index (χ1) is 13.6. The van der Waals surface area contributed by atoms with E-state index in [-0.39, 0.29) is 18.5 Å². The second-order valence-electron chi connectivity index (χ2n) is 5.72. The van der Waals surface area contributed by atoms with Crippen LogP contribution in [0.15, 0.2) is 48.5 Å².